The lowest BCUT2D eigenvalue weighted by molar-refractivity contribution is 0.230. The van der Waals surface area contributed by atoms with Crippen LogP contribution in [0.2, 0.25) is 0 Å². The fourth-order valence-electron chi connectivity index (χ4n) is 3.47. The van der Waals surface area contributed by atoms with Crippen molar-refractivity contribution >= 4 is 32.7 Å². The lowest BCUT2D eigenvalue weighted by atomic mass is 10.1. The number of halogens is 1. The molecule has 2 fully saturated rings. The van der Waals surface area contributed by atoms with Crippen LogP contribution in [0.4, 0.5) is 5.82 Å². The molecule has 0 spiro atoms. The maximum Gasteiger partial charge on any atom is 0.140 e. The molecule has 2 aliphatic heterocycles. The van der Waals surface area contributed by atoms with Gasteiger partial charge < -0.3 is 4.90 Å². The second kappa shape index (κ2) is 4.97. The molecule has 2 saturated heterocycles. The van der Waals surface area contributed by atoms with Crippen LogP contribution in [-0.4, -0.2) is 47.1 Å². The van der Waals surface area contributed by atoms with Crippen LogP contribution in [-0.2, 0) is 0 Å². The molecule has 3 heterocycles. The Morgan fingerprint density at radius 3 is 3.05 bits per heavy atom. The third-order valence-corrected chi connectivity index (χ3v) is 5.12. The van der Waals surface area contributed by atoms with Crippen LogP contribution >= 0.6 is 15.9 Å². The summed E-state index contributed by atoms with van der Waals surface area (Å²) in [7, 11) is 0. The van der Waals surface area contributed by atoms with Gasteiger partial charge in [0.1, 0.15) is 12.1 Å². The summed E-state index contributed by atoms with van der Waals surface area (Å²) < 4.78 is 1.04. The van der Waals surface area contributed by atoms with Crippen molar-refractivity contribution in [2.24, 2.45) is 0 Å². The van der Waals surface area contributed by atoms with Crippen LogP contribution in [0.3, 0.4) is 0 Å². The minimum atomic E-state index is 0.709. The van der Waals surface area contributed by atoms with Gasteiger partial charge in [-0.05, 0) is 47.4 Å². The highest BCUT2D eigenvalue weighted by Crippen LogP contribution is 2.30. The second-order valence-corrected chi connectivity index (χ2v) is 6.47. The first-order valence-corrected chi connectivity index (χ1v) is 8.00. The van der Waals surface area contributed by atoms with E-state index in [0.717, 1.165) is 40.8 Å². The number of hydrogen-bond acceptors (Lipinski definition) is 4. The van der Waals surface area contributed by atoms with E-state index in [1.54, 1.807) is 6.33 Å². The van der Waals surface area contributed by atoms with Gasteiger partial charge in [-0.3, -0.25) is 4.90 Å². The summed E-state index contributed by atoms with van der Waals surface area (Å²) in [6, 6.07) is 6.93. The Morgan fingerprint density at radius 1 is 1.15 bits per heavy atom. The van der Waals surface area contributed by atoms with Crippen molar-refractivity contribution in [1.82, 2.24) is 14.9 Å². The van der Waals surface area contributed by atoms with Gasteiger partial charge in [-0.15, -0.1) is 0 Å². The first kappa shape index (κ1) is 12.5. The molecule has 0 bridgehead atoms. The van der Waals surface area contributed by atoms with Crippen LogP contribution in [0.5, 0.6) is 0 Å². The number of hydrogen-bond donors (Lipinski definition) is 0. The third kappa shape index (κ3) is 2.00. The summed E-state index contributed by atoms with van der Waals surface area (Å²) >= 11 is 3.58. The molecular weight excluding hydrogens is 316 g/mol. The fourth-order valence-corrected chi connectivity index (χ4v) is 3.94. The van der Waals surface area contributed by atoms with E-state index in [0.29, 0.717) is 6.04 Å². The van der Waals surface area contributed by atoms with Gasteiger partial charge in [-0.1, -0.05) is 6.07 Å². The van der Waals surface area contributed by atoms with Crippen molar-refractivity contribution in [2.75, 3.05) is 31.1 Å². The quantitative estimate of drug-likeness (QED) is 0.803. The summed E-state index contributed by atoms with van der Waals surface area (Å²) in [5.41, 5.74) is 1.01. The van der Waals surface area contributed by atoms with Gasteiger partial charge in [0.25, 0.3) is 0 Å². The molecular formula is C15H17BrN4. The van der Waals surface area contributed by atoms with Crippen molar-refractivity contribution in [3.05, 3.63) is 29.0 Å². The topological polar surface area (TPSA) is 32.3 Å². The summed E-state index contributed by atoms with van der Waals surface area (Å²) in [6.07, 6.45) is 4.35. The third-order valence-electron chi connectivity index (χ3n) is 4.48. The van der Waals surface area contributed by atoms with E-state index < -0.39 is 0 Å². The number of para-hydroxylation sites is 1. The van der Waals surface area contributed by atoms with Gasteiger partial charge in [0.2, 0.25) is 0 Å². The predicted octanol–water partition coefficient (Wildman–Crippen LogP) is 2.68. The number of piperazine rings is 1. The van der Waals surface area contributed by atoms with E-state index in [1.807, 2.05) is 6.07 Å². The molecule has 0 aliphatic carbocycles. The SMILES string of the molecule is Brc1cccc2c(N3CCN4CCC[C@@H]4C3)ncnc12. The molecule has 2 aliphatic rings. The summed E-state index contributed by atoms with van der Waals surface area (Å²) in [4.78, 5) is 14.0. The Morgan fingerprint density at radius 2 is 2.10 bits per heavy atom. The molecule has 5 heteroatoms. The van der Waals surface area contributed by atoms with Crippen molar-refractivity contribution in [3.63, 3.8) is 0 Å². The van der Waals surface area contributed by atoms with Crippen molar-refractivity contribution in [3.8, 4) is 0 Å². The van der Waals surface area contributed by atoms with E-state index in [1.165, 1.54) is 19.4 Å². The first-order valence-electron chi connectivity index (χ1n) is 7.21. The zero-order valence-electron chi connectivity index (χ0n) is 11.3. The number of benzene rings is 1. The van der Waals surface area contributed by atoms with Crippen LogP contribution in [0.25, 0.3) is 10.9 Å². The maximum atomic E-state index is 4.56. The van der Waals surface area contributed by atoms with E-state index in [4.69, 9.17) is 0 Å². The minimum Gasteiger partial charge on any atom is -0.353 e. The highest BCUT2D eigenvalue weighted by Gasteiger charge is 2.31. The predicted molar refractivity (Wildman–Crippen MR) is 84.0 cm³/mol. The molecule has 1 aromatic heterocycles. The van der Waals surface area contributed by atoms with Crippen molar-refractivity contribution in [1.29, 1.82) is 0 Å². The average molecular weight is 333 g/mol. The Bertz CT molecular complexity index is 645. The van der Waals surface area contributed by atoms with Gasteiger partial charge in [0.05, 0.1) is 5.52 Å². The Kier molecular flexibility index (Phi) is 3.11. The zero-order chi connectivity index (χ0) is 13.5. The van der Waals surface area contributed by atoms with E-state index in [2.05, 4.69) is 47.8 Å². The van der Waals surface area contributed by atoms with Crippen molar-refractivity contribution < 1.29 is 0 Å². The van der Waals surface area contributed by atoms with Crippen LogP contribution < -0.4 is 4.90 Å². The monoisotopic (exact) mass is 332 g/mol. The highest BCUT2D eigenvalue weighted by atomic mass is 79.9. The molecule has 104 valence electrons. The lowest BCUT2D eigenvalue weighted by Crippen LogP contribution is -2.50. The van der Waals surface area contributed by atoms with Crippen LogP contribution in [0.1, 0.15) is 12.8 Å². The molecule has 0 saturated carbocycles. The number of nitrogens with zero attached hydrogens (tertiary/aromatic N) is 4. The largest absolute Gasteiger partial charge is 0.353 e. The second-order valence-electron chi connectivity index (χ2n) is 5.61. The Hall–Kier alpha value is -1.20. The maximum absolute atomic E-state index is 4.56. The zero-order valence-corrected chi connectivity index (χ0v) is 12.9. The van der Waals surface area contributed by atoms with E-state index in [9.17, 15) is 0 Å². The molecule has 2 aromatic rings. The summed E-state index contributed by atoms with van der Waals surface area (Å²) in [5.74, 6) is 1.09. The highest BCUT2D eigenvalue weighted by molar-refractivity contribution is 9.10. The molecule has 4 rings (SSSR count). The number of fused-ring (bicyclic) bond motifs is 2. The molecule has 0 unspecified atom stereocenters. The molecule has 0 N–H and O–H groups in total. The van der Waals surface area contributed by atoms with Gasteiger partial charge in [-0.2, -0.15) is 0 Å². The van der Waals surface area contributed by atoms with E-state index in [-0.39, 0.29) is 0 Å². The van der Waals surface area contributed by atoms with Crippen LogP contribution in [0, 0.1) is 0 Å². The molecule has 0 amide bonds. The number of anilines is 1. The van der Waals surface area contributed by atoms with Crippen molar-refractivity contribution in [2.45, 2.75) is 18.9 Å². The molecule has 1 atom stereocenters. The molecule has 20 heavy (non-hydrogen) atoms. The smallest absolute Gasteiger partial charge is 0.140 e. The van der Waals surface area contributed by atoms with E-state index >= 15 is 0 Å². The molecule has 1 aromatic carbocycles. The fraction of sp³-hybridized carbons (Fsp3) is 0.467. The van der Waals surface area contributed by atoms with Gasteiger partial charge in [-0.25, -0.2) is 9.97 Å². The van der Waals surface area contributed by atoms with Crippen LogP contribution in [0.15, 0.2) is 29.0 Å². The lowest BCUT2D eigenvalue weighted by Gasteiger charge is -2.38. The first-order chi connectivity index (χ1) is 9.83. The standard InChI is InChI=1S/C15H17BrN4/c16-13-5-1-4-12-14(13)17-10-18-15(12)20-8-7-19-6-2-3-11(19)9-20/h1,4-5,10-11H,2-3,6-9H2/t11-/m1/s1. The van der Waals surface area contributed by atoms with Gasteiger partial charge >= 0.3 is 0 Å². The summed E-state index contributed by atoms with van der Waals surface area (Å²) in [5, 5.41) is 1.15. The molecule has 0 radical (unpaired) electrons. The average Bonchev–Trinajstić information content (AvgIpc) is 2.94. The Balaban J connectivity index is 1.73. The van der Waals surface area contributed by atoms with Gasteiger partial charge in [0.15, 0.2) is 0 Å². The summed E-state index contributed by atoms with van der Waals surface area (Å²) in [6.45, 7) is 4.59. The number of rotatable bonds is 1. The normalized spacial score (nSPS) is 23.2. The Labute approximate surface area is 126 Å². The molecule has 4 nitrogen and oxygen atoms in total. The number of aromatic nitrogens is 2. The van der Waals surface area contributed by atoms with Gasteiger partial charge in [0, 0.05) is 35.5 Å². The minimum absolute atomic E-state index is 0.709.